The summed E-state index contributed by atoms with van der Waals surface area (Å²) >= 11 is 5.68. The Morgan fingerprint density at radius 3 is 2.52 bits per heavy atom. The van der Waals surface area contributed by atoms with Crippen molar-refractivity contribution in [1.82, 2.24) is 15.1 Å². The number of halogens is 2. The summed E-state index contributed by atoms with van der Waals surface area (Å²) in [5.41, 5.74) is 1.37. The van der Waals surface area contributed by atoms with Gasteiger partial charge in [0.05, 0.1) is 23.5 Å². The smallest absolute Gasteiger partial charge is 0.305 e. The molecule has 2 aromatic rings. The summed E-state index contributed by atoms with van der Waals surface area (Å²) in [6, 6.07) is 4.90. The molecule has 27 heavy (non-hydrogen) atoms. The molecule has 0 spiro atoms. The second-order valence-corrected chi connectivity index (χ2v) is 6.79. The molecule has 0 fully saturated rings. The van der Waals surface area contributed by atoms with Crippen LogP contribution in [0.3, 0.4) is 0 Å². The lowest BCUT2D eigenvalue weighted by atomic mass is 10.0. The first kappa shape index (κ1) is 20.9. The molecule has 1 aromatic carbocycles. The van der Waals surface area contributed by atoms with Gasteiger partial charge in [0.1, 0.15) is 11.5 Å². The predicted octanol–water partition coefficient (Wildman–Crippen LogP) is 4.29. The third-order valence-corrected chi connectivity index (χ3v) is 4.78. The van der Waals surface area contributed by atoms with Gasteiger partial charge < -0.3 is 10.4 Å². The summed E-state index contributed by atoms with van der Waals surface area (Å²) in [4.78, 5) is 23.8. The molecule has 0 bridgehead atoms. The van der Waals surface area contributed by atoms with E-state index in [0.29, 0.717) is 5.56 Å². The van der Waals surface area contributed by atoms with Crippen LogP contribution in [-0.4, -0.2) is 26.8 Å². The predicted molar refractivity (Wildman–Crippen MR) is 100 cm³/mol. The van der Waals surface area contributed by atoms with E-state index in [0.717, 1.165) is 24.6 Å². The third-order valence-electron chi connectivity index (χ3n) is 4.47. The Hall–Kier alpha value is -2.41. The number of carbonyl (C=O) groups excluding carboxylic acids is 1. The van der Waals surface area contributed by atoms with Crippen molar-refractivity contribution in [2.24, 2.45) is 0 Å². The van der Waals surface area contributed by atoms with Crippen molar-refractivity contribution in [3.63, 3.8) is 0 Å². The van der Waals surface area contributed by atoms with E-state index in [1.165, 1.54) is 12.1 Å². The highest BCUT2D eigenvalue weighted by atomic mass is 35.5. The molecule has 146 valence electrons. The van der Waals surface area contributed by atoms with Gasteiger partial charge in [0, 0.05) is 5.69 Å². The molecule has 1 unspecified atom stereocenters. The van der Waals surface area contributed by atoms with E-state index in [4.69, 9.17) is 16.7 Å². The Morgan fingerprint density at radius 1 is 1.30 bits per heavy atom. The van der Waals surface area contributed by atoms with Crippen LogP contribution >= 0.6 is 11.6 Å². The highest BCUT2D eigenvalue weighted by molar-refractivity contribution is 6.30. The monoisotopic (exact) mass is 395 g/mol. The van der Waals surface area contributed by atoms with Crippen LogP contribution < -0.4 is 5.32 Å². The Labute approximate surface area is 162 Å². The van der Waals surface area contributed by atoms with Crippen LogP contribution in [0.1, 0.15) is 66.9 Å². The standard InChI is InChI=1S/C19H23ClFN3O3/c1-4-13(5-2)24-11(3)8-17(23-24)19(27)22-16(10-18(25)26)12-6-7-14(20)15(21)9-12/h6-9,13,16H,4-5,10H2,1-3H3,(H,22,27)(H,25,26). The summed E-state index contributed by atoms with van der Waals surface area (Å²) in [7, 11) is 0. The lowest BCUT2D eigenvalue weighted by Gasteiger charge is -2.17. The van der Waals surface area contributed by atoms with Gasteiger partial charge in [0.2, 0.25) is 0 Å². The number of nitrogens with zero attached hydrogens (tertiary/aromatic N) is 2. The molecule has 0 aliphatic heterocycles. The first-order chi connectivity index (χ1) is 12.8. The fraction of sp³-hybridized carbons (Fsp3) is 0.421. The molecule has 2 N–H and O–H groups in total. The summed E-state index contributed by atoms with van der Waals surface area (Å²) in [5.74, 6) is -2.30. The molecule has 6 nitrogen and oxygen atoms in total. The molecule has 0 aliphatic carbocycles. The quantitative estimate of drug-likeness (QED) is 0.698. The molecule has 0 aliphatic rings. The first-order valence-corrected chi connectivity index (χ1v) is 9.18. The maximum Gasteiger partial charge on any atom is 0.305 e. The normalized spacial score (nSPS) is 12.2. The van der Waals surface area contributed by atoms with Crippen molar-refractivity contribution in [2.75, 3.05) is 0 Å². The summed E-state index contributed by atoms with van der Waals surface area (Å²) in [6.07, 6.45) is 1.37. The minimum atomic E-state index is -1.12. The number of aryl methyl sites for hydroxylation is 1. The zero-order valence-electron chi connectivity index (χ0n) is 15.5. The minimum Gasteiger partial charge on any atom is -0.481 e. The minimum absolute atomic E-state index is 0.0707. The molecule has 1 heterocycles. The van der Waals surface area contributed by atoms with Gasteiger partial charge in [-0.25, -0.2) is 4.39 Å². The van der Waals surface area contributed by atoms with Gasteiger partial charge in [0.15, 0.2) is 0 Å². The molecule has 0 saturated heterocycles. The first-order valence-electron chi connectivity index (χ1n) is 8.80. The van der Waals surface area contributed by atoms with Gasteiger partial charge in [0.25, 0.3) is 5.91 Å². The summed E-state index contributed by atoms with van der Waals surface area (Å²) in [5, 5.41) is 16.1. The molecule has 1 aromatic heterocycles. The SMILES string of the molecule is CCC(CC)n1nc(C(=O)NC(CC(=O)O)c2ccc(Cl)c(F)c2)cc1C. The van der Waals surface area contributed by atoms with Gasteiger partial charge >= 0.3 is 5.97 Å². The van der Waals surface area contributed by atoms with Crippen LogP contribution in [0.2, 0.25) is 5.02 Å². The van der Waals surface area contributed by atoms with Crippen LogP contribution in [0.15, 0.2) is 24.3 Å². The van der Waals surface area contributed by atoms with E-state index in [2.05, 4.69) is 10.4 Å². The topological polar surface area (TPSA) is 84.2 Å². The molecule has 0 saturated carbocycles. The highest BCUT2D eigenvalue weighted by Gasteiger charge is 2.22. The number of aliphatic carboxylic acids is 1. The van der Waals surface area contributed by atoms with Crippen molar-refractivity contribution < 1.29 is 19.1 Å². The van der Waals surface area contributed by atoms with Crippen molar-refractivity contribution in [1.29, 1.82) is 0 Å². The molecule has 1 amide bonds. The number of hydrogen-bond acceptors (Lipinski definition) is 3. The van der Waals surface area contributed by atoms with Gasteiger partial charge in [-0.2, -0.15) is 5.10 Å². The molecular formula is C19H23ClFN3O3. The fourth-order valence-corrected chi connectivity index (χ4v) is 3.11. The van der Waals surface area contributed by atoms with E-state index in [1.54, 1.807) is 6.07 Å². The zero-order chi connectivity index (χ0) is 20.1. The van der Waals surface area contributed by atoms with Crippen LogP contribution in [-0.2, 0) is 4.79 Å². The number of carboxylic acid groups (broad SMARTS) is 1. The Kier molecular flexibility index (Phi) is 6.96. The van der Waals surface area contributed by atoms with Crippen LogP contribution in [0.25, 0.3) is 0 Å². The molecular weight excluding hydrogens is 373 g/mol. The van der Waals surface area contributed by atoms with Gasteiger partial charge in [-0.15, -0.1) is 0 Å². The van der Waals surface area contributed by atoms with E-state index < -0.39 is 23.7 Å². The largest absolute Gasteiger partial charge is 0.481 e. The van der Waals surface area contributed by atoms with Gasteiger partial charge in [-0.3, -0.25) is 14.3 Å². The number of carbonyl (C=O) groups is 2. The number of aromatic nitrogens is 2. The lowest BCUT2D eigenvalue weighted by molar-refractivity contribution is -0.137. The van der Waals surface area contributed by atoms with Crippen LogP contribution in [0, 0.1) is 12.7 Å². The summed E-state index contributed by atoms with van der Waals surface area (Å²) in [6.45, 7) is 5.96. The van der Waals surface area contributed by atoms with E-state index >= 15 is 0 Å². The van der Waals surface area contributed by atoms with Crippen molar-refractivity contribution in [3.8, 4) is 0 Å². The molecule has 1 atom stereocenters. The van der Waals surface area contributed by atoms with E-state index in [-0.39, 0.29) is 23.2 Å². The second kappa shape index (κ2) is 8.99. The van der Waals surface area contributed by atoms with Crippen molar-refractivity contribution in [2.45, 2.75) is 52.1 Å². The Balaban J connectivity index is 2.27. The number of hydrogen-bond donors (Lipinski definition) is 2. The Bertz CT molecular complexity index is 834. The summed E-state index contributed by atoms with van der Waals surface area (Å²) < 4.78 is 15.6. The number of nitrogens with one attached hydrogen (secondary N) is 1. The van der Waals surface area contributed by atoms with Crippen molar-refractivity contribution >= 4 is 23.5 Å². The second-order valence-electron chi connectivity index (χ2n) is 6.38. The average Bonchev–Trinajstić information content (AvgIpc) is 2.99. The maximum atomic E-state index is 13.8. The average molecular weight is 396 g/mol. The van der Waals surface area contributed by atoms with Gasteiger partial charge in [-0.1, -0.05) is 31.5 Å². The zero-order valence-corrected chi connectivity index (χ0v) is 16.3. The Morgan fingerprint density at radius 2 is 1.96 bits per heavy atom. The molecule has 8 heteroatoms. The van der Waals surface area contributed by atoms with Crippen molar-refractivity contribution in [3.05, 3.63) is 52.1 Å². The maximum absolute atomic E-state index is 13.8. The fourth-order valence-electron chi connectivity index (χ4n) is 2.99. The lowest BCUT2D eigenvalue weighted by Crippen LogP contribution is -2.30. The number of rotatable bonds is 8. The highest BCUT2D eigenvalue weighted by Crippen LogP contribution is 2.23. The van der Waals surface area contributed by atoms with Crippen LogP contribution in [0.5, 0.6) is 0 Å². The molecule has 2 rings (SSSR count). The number of carboxylic acids is 1. The third kappa shape index (κ3) is 5.07. The van der Waals surface area contributed by atoms with Crippen LogP contribution in [0.4, 0.5) is 4.39 Å². The van der Waals surface area contributed by atoms with E-state index in [9.17, 15) is 14.0 Å². The number of amides is 1. The van der Waals surface area contributed by atoms with E-state index in [1.807, 2.05) is 25.5 Å². The number of benzene rings is 1. The molecule has 0 radical (unpaired) electrons. The van der Waals surface area contributed by atoms with Gasteiger partial charge in [-0.05, 0) is 43.5 Å².